The Balaban J connectivity index is 1.96. The Labute approximate surface area is 195 Å². The fraction of sp³-hybridized carbons (Fsp3) is 0.259. The van der Waals surface area contributed by atoms with Crippen molar-refractivity contribution in [1.29, 1.82) is 0 Å². The smallest absolute Gasteiger partial charge is 0.243 e. The minimum absolute atomic E-state index is 0.0912. The van der Waals surface area contributed by atoms with Gasteiger partial charge in [0.1, 0.15) is 6.04 Å². The Morgan fingerprint density at radius 1 is 0.938 bits per heavy atom. The molecule has 0 spiro atoms. The van der Waals surface area contributed by atoms with Gasteiger partial charge < -0.3 is 10.2 Å². The fourth-order valence-electron chi connectivity index (χ4n) is 3.75. The van der Waals surface area contributed by atoms with E-state index in [2.05, 4.69) is 5.32 Å². The van der Waals surface area contributed by atoms with E-state index in [1.54, 1.807) is 11.0 Å². The average Bonchev–Trinajstić information content (AvgIpc) is 2.78. The molecule has 1 atom stereocenters. The molecule has 0 saturated heterocycles. The van der Waals surface area contributed by atoms with Gasteiger partial charge in [-0.05, 0) is 48.2 Å². The molecule has 5 heteroatoms. The van der Waals surface area contributed by atoms with Crippen LogP contribution in [0.15, 0.2) is 78.9 Å². The van der Waals surface area contributed by atoms with Gasteiger partial charge in [0, 0.05) is 24.5 Å². The van der Waals surface area contributed by atoms with Crippen LogP contribution in [0, 0.1) is 6.92 Å². The minimum Gasteiger partial charge on any atom is -0.355 e. The summed E-state index contributed by atoms with van der Waals surface area (Å²) < 4.78 is 0. The van der Waals surface area contributed by atoms with E-state index >= 15 is 0 Å². The van der Waals surface area contributed by atoms with Crippen LogP contribution in [0.1, 0.15) is 29.2 Å². The molecule has 0 heterocycles. The molecule has 0 fully saturated rings. The van der Waals surface area contributed by atoms with E-state index in [4.69, 9.17) is 11.6 Å². The summed E-state index contributed by atoms with van der Waals surface area (Å²) in [5.74, 6) is -0.247. The third kappa shape index (κ3) is 6.44. The maximum atomic E-state index is 13.6. The van der Waals surface area contributed by atoms with Crippen molar-refractivity contribution in [3.63, 3.8) is 0 Å². The van der Waals surface area contributed by atoms with E-state index in [-0.39, 0.29) is 18.2 Å². The lowest BCUT2D eigenvalue weighted by Gasteiger charge is -2.32. The number of hydrogen-bond donors (Lipinski definition) is 1. The molecular weight excluding hydrogens is 420 g/mol. The molecule has 0 radical (unpaired) electrons. The lowest BCUT2D eigenvalue weighted by Crippen LogP contribution is -2.51. The van der Waals surface area contributed by atoms with Crippen LogP contribution < -0.4 is 5.32 Å². The quantitative estimate of drug-likeness (QED) is 0.502. The van der Waals surface area contributed by atoms with Gasteiger partial charge in [-0.15, -0.1) is 0 Å². The van der Waals surface area contributed by atoms with Crippen molar-refractivity contribution >= 4 is 23.4 Å². The molecule has 32 heavy (non-hydrogen) atoms. The summed E-state index contributed by atoms with van der Waals surface area (Å²) in [6.07, 6.45) is 0.671. The molecule has 3 aromatic rings. The Morgan fingerprint density at radius 2 is 1.62 bits per heavy atom. The average molecular weight is 449 g/mol. The van der Waals surface area contributed by atoms with Crippen molar-refractivity contribution in [2.45, 2.75) is 39.3 Å². The SMILES string of the molecule is CCNC(=O)[C@H](Cc1ccccc1)N(Cc1cccc(Cl)c1)C(=O)Cc1ccccc1C. The molecule has 166 valence electrons. The minimum atomic E-state index is -0.632. The Bertz CT molecular complexity index is 1050. The van der Waals surface area contributed by atoms with E-state index in [1.165, 1.54) is 0 Å². The number of benzene rings is 3. The lowest BCUT2D eigenvalue weighted by molar-refractivity contribution is -0.140. The Hall–Kier alpha value is -3.11. The van der Waals surface area contributed by atoms with Crippen LogP contribution in [0.4, 0.5) is 0 Å². The third-order valence-electron chi connectivity index (χ3n) is 5.47. The molecule has 1 N–H and O–H groups in total. The number of nitrogens with zero attached hydrogens (tertiary/aromatic N) is 1. The Morgan fingerprint density at radius 3 is 2.31 bits per heavy atom. The van der Waals surface area contributed by atoms with Gasteiger partial charge in [-0.1, -0.05) is 78.3 Å². The number of hydrogen-bond acceptors (Lipinski definition) is 2. The second kappa shape index (κ2) is 11.5. The van der Waals surface area contributed by atoms with Crippen LogP contribution in [0.5, 0.6) is 0 Å². The summed E-state index contributed by atoms with van der Waals surface area (Å²) in [5.41, 5.74) is 3.91. The highest BCUT2D eigenvalue weighted by molar-refractivity contribution is 6.30. The molecule has 0 aliphatic carbocycles. The zero-order valence-corrected chi connectivity index (χ0v) is 19.3. The van der Waals surface area contributed by atoms with E-state index in [9.17, 15) is 9.59 Å². The van der Waals surface area contributed by atoms with Gasteiger partial charge in [0.15, 0.2) is 0 Å². The Kier molecular flexibility index (Phi) is 8.46. The van der Waals surface area contributed by atoms with Crippen LogP contribution in [0.25, 0.3) is 0 Å². The molecule has 0 unspecified atom stereocenters. The number of carbonyl (C=O) groups excluding carboxylic acids is 2. The number of halogens is 1. The van der Waals surface area contributed by atoms with Crippen molar-refractivity contribution in [1.82, 2.24) is 10.2 Å². The van der Waals surface area contributed by atoms with Gasteiger partial charge in [-0.25, -0.2) is 0 Å². The van der Waals surface area contributed by atoms with Crippen LogP contribution in [0.2, 0.25) is 5.02 Å². The fourth-order valence-corrected chi connectivity index (χ4v) is 3.96. The monoisotopic (exact) mass is 448 g/mol. The zero-order chi connectivity index (χ0) is 22.9. The molecule has 3 rings (SSSR count). The number of rotatable bonds is 9. The highest BCUT2D eigenvalue weighted by Gasteiger charge is 2.30. The van der Waals surface area contributed by atoms with Gasteiger partial charge in [-0.2, -0.15) is 0 Å². The van der Waals surface area contributed by atoms with E-state index in [1.807, 2.05) is 86.6 Å². The van der Waals surface area contributed by atoms with Crippen molar-refractivity contribution in [2.24, 2.45) is 0 Å². The second-order valence-electron chi connectivity index (χ2n) is 7.85. The molecule has 0 bridgehead atoms. The van der Waals surface area contributed by atoms with Gasteiger partial charge in [0.25, 0.3) is 0 Å². The summed E-state index contributed by atoms with van der Waals surface area (Å²) in [6.45, 7) is 4.68. The van der Waals surface area contributed by atoms with Crippen LogP contribution in [0.3, 0.4) is 0 Å². The highest BCUT2D eigenvalue weighted by atomic mass is 35.5. The number of carbonyl (C=O) groups is 2. The van der Waals surface area contributed by atoms with Gasteiger partial charge >= 0.3 is 0 Å². The number of amides is 2. The predicted octanol–water partition coefficient (Wildman–Crippen LogP) is 4.97. The predicted molar refractivity (Wildman–Crippen MR) is 130 cm³/mol. The maximum Gasteiger partial charge on any atom is 0.243 e. The summed E-state index contributed by atoms with van der Waals surface area (Å²) >= 11 is 6.20. The van der Waals surface area contributed by atoms with Gasteiger partial charge in [0.2, 0.25) is 11.8 Å². The molecule has 3 aromatic carbocycles. The zero-order valence-electron chi connectivity index (χ0n) is 18.6. The van der Waals surface area contributed by atoms with E-state index < -0.39 is 6.04 Å². The number of likely N-dealkylation sites (N-methyl/N-ethyl adjacent to an activating group) is 1. The summed E-state index contributed by atoms with van der Waals surface area (Å²) in [4.78, 5) is 28.4. The first-order valence-electron chi connectivity index (χ1n) is 10.9. The first-order chi connectivity index (χ1) is 15.5. The standard InChI is InChI=1S/C27H29ClN2O2/c1-3-29-27(32)25(17-21-11-5-4-6-12-21)30(19-22-13-9-15-24(28)16-22)26(31)18-23-14-8-7-10-20(23)2/h4-16,25H,3,17-19H2,1-2H3,(H,29,32)/t25-/m0/s1. The first-order valence-corrected chi connectivity index (χ1v) is 11.3. The van der Waals surface area contributed by atoms with Crippen LogP contribution in [-0.4, -0.2) is 29.3 Å². The summed E-state index contributed by atoms with van der Waals surface area (Å²) in [7, 11) is 0. The lowest BCUT2D eigenvalue weighted by atomic mass is 10.0. The van der Waals surface area contributed by atoms with Crippen LogP contribution >= 0.6 is 11.6 Å². The van der Waals surface area contributed by atoms with E-state index in [0.29, 0.717) is 24.5 Å². The number of nitrogens with one attached hydrogen (secondary N) is 1. The molecule has 0 aliphatic rings. The van der Waals surface area contributed by atoms with E-state index in [0.717, 1.165) is 22.3 Å². The number of aryl methyl sites for hydroxylation is 1. The second-order valence-corrected chi connectivity index (χ2v) is 8.29. The molecule has 0 aromatic heterocycles. The molecule has 2 amide bonds. The molecular formula is C27H29ClN2O2. The van der Waals surface area contributed by atoms with Crippen molar-refractivity contribution in [3.05, 3.63) is 106 Å². The molecule has 0 aliphatic heterocycles. The molecule has 4 nitrogen and oxygen atoms in total. The highest BCUT2D eigenvalue weighted by Crippen LogP contribution is 2.19. The van der Waals surface area contributed by atoms with Crippen molar-refractivity contribution in [2.75, 3.05) is 6.54 Å². The van der Waals surface area contributed by atoms with Gasteiger partial charge in [-0.3, -0.25) is 9.59 Å². The molecule has 0 saturated carbocycles. The normalized spacial score (nSPS) is 11.6. The maximum absolute atomic E-state index is 13.6. The first kappa shape index (κ1) is 23.6. The van der Waals surface area contributed by atoms with Crippen molar-refractivity contribution in [3.8, 4) is 0 Å². The summed E-state index contributed by atoms with van der Waals surface area (Å²) in [5, 5.41) is 3.52. The van der Waals surface area contributed by atoms with Crippen molar-refractivity contribution < 1.29 is 9.59 Å². The third-order valence-corrected chi connectivity index (χ3v) is 5.70. The largest absolute Gasteiger partial charge is 0.355 e. The van der Waals surface area contributed by atoms with Crippen LogP contribution in [-0.2, 0) is 29.0 Å². The summed E-state index contributed by atoms with van der Waals surface area (Å²) in [6, 6.07) is 24.4. The van der Waals surface area contributed by atoms with Gasteiger partial charge in [0.05, 0.1) is 6.42 Å². The topological polar surface area (TPSA) is 49.4 Å².